The van der Waals surface area contributed by atoms with Crippen molar-refractivity contribution in [1.82, 2.24) is 19.7 Å². The summed E-state index contributed by atoms with van der Waals surface area (Å²) in [6.07, 6.45) is 1.80. The van der Waals surface area contributed by atoms with Gasteiger partial charge in [-0.15, -0.1) is 0 Å². The molecule has 1 aromatic carbocycles. The lowest BCUT2D eigenvalue weighted by Crippen LogP contribution is -1.97. The summed E-state index contributed by atoms with van der Waals surface area (Å²) in [4.78, 5) is 9.08. The number of nitrogens with zero attached hydrogens (tertiary/aromatic N) is 4. The van der Waals surface area contributed by atoms with Crippen molar-refractivity contribution < 1.29 is 0 Å². The van der Waals surface area contributed by atoms with E-state index in [-0.39, 0.29) is 0 Å². The Hall–Kier alpha value is -2.23. The second-order valence-corrected chi connectivity index (χ2v) is 4.00. The molecule has 0 atom stereocenters. The van der Waals surface area contributed by atoms with Crippen molar-refractivity contribution in [2.45, 2.75) is 6.92 Å². The quantitative estimate of drug-likeness (QED) is 0.637. The molecule has 4 heteroatoms. The highest BCUT2D eigenvalue weighted by Crippen LogP contribution is 2.20. The minimum Gasteiger partial charge on any atom is -0.250 e. The van der Waals surface area contributed by atoms with E-state index in [4.69, 9.17) is 0 Å². The summed E-state index contributed by atoms with van der Waals surface area (Å²) in [6, 6.07) is 9.98. The summed E-state index contributed by atoms with van der Waals surface area (Å²) in [5.74, 6) is 0.749. The van der Waals surface area contributed by atoms with Crippen LogP contribution in [0.5, 0.6) is 0 Å². The van der Waals surface area contributed by atoms with Gasteiger partial charge in [0.25, 0.3) is 0 Å². The van der Waals surface area contributed by atoms with Crippen molar-refractivity contribution in [3.8, 4) is 11.4 Å². The molecule has 0 saturated heterocycles. The lowest BCUT2D eigenvalue weighted by molar-refractivity contribution is 0.785. The average Bonchev–Trinajstić information content (AvgIpc) is 2.73. The first-order valence-electron chi connectivity index (χ1n) is 5.47. The van der Waals surface area contributed by atoms with E-state index < -0.39 is 0 Å². The zero-order valence-corrected chi connectivity index (χ0v) is 9.75. The van der Waals surface area contributed by atoms with Crippen LogP contribution in [0.25, 0.3) is 22.4 Å². The summed E-state index contributed by atoms with van der Waals surface area (Å²) in [7, 11) is 1.89. The summed E-state index contributed by atoms with van der Waals surface area (Å²) < 4.78 is 1.77. The van der Waals surface area contributed by atoms with E-state index in [0.717, 1.165) is 28.1 Å². The molecule has 17 heavy (non-hydrogen) atoms. The molecular formula is C13H12N4. The summed E-state index contributed by atoms with van der Waals surface area (Å²) in [5, 5.41) is 5.21. The van der Waals surface area contributed by atoms with Crippen LogP contribution in [0.15, 0.2) is 36.5 Å². The molecule has 0 aliphatic rings. The molecule has 2 aromatic heterocycles. The fraction of sp³-hybridized carbons (Fsp3) is 0.154. The highest BCUT2D eigenvalue weighted by Gasteiger charge is 2.09. The molecule has 0 saturated carbocycles. The first-order valence-corrected chi connectivity index (χ1v) is 5.47. The van der Waals surface area contributed by atoms with Crippen molar-refractivity contribution in [2.24, 2.45) is 7.05 Å². The molecule has 0 N–H and O–H groups in total. The normalized spacial score (nSPS) is 10.9. The van der Waals surface area contributed by atoms with Gasteiger partial charge in [-0.2, -0.15) is 5.10 Å². The first-order chi connectivity index (χ1) is 8.25. The van der Waals surface area contributed by atoms with Gasteiger partial charge in [-0.25, -0.2) is 9.97 Å². The van der Waals surface area contributed by atoms with Crippen LogP contribution in [-0.4, -0.2) is 19.7 Å². The molecule has 84 valence electrons. The molecule has 0 amide bonds. The molecule has 0 spiro atoms. The van der Waals surface area contributed by atoms with E-state index in [2.05, 4.69) is 15.1 Å². The van der Waals surface area contributed by atoms with E-state index in [9.17, 15) is 0 Å². The van der Waals surface area contributed by atoms with Crippen LogP contribution in [0.2, 0.25) is 0 Å². The number of aryl methyl sites for hydroxylation is 2. The minimum absolute atomic E-state index is 0.749. The Balaban J connectivity index is 2.28. The van der Waals surface area contributed by atoms with E-state index >= 15 is 0 Å². The van der Waals surface area contributed by atoms with Gasteiger partial charge in [-0.05, 0) is 6.92 Å². The number of benzene rings is 1. The fourth-order valence-electron chi connectivity index (χ4n) is 1.88. The zero-order chi connectivity index (χ0) is 11.8. The van der Waals surface area contributed by atoms with Gasteiger partial charge in [0.1, 0.15) is 0 Å². The van der Waals surface area contributed by atoms with Crippen molar-refractivity contribution in [1.29, 1.82) is 0 Å². The van der Waals surface area contributed by atoms with Crippen LogP contribution in [0.3, 0.4) is 0 Å². The molecule has 0 unspecified atom stereocenters. The summed E-state index contributed by atoms with van der Waals surface area (Å²) in [5.41, 5.74) is 2.86. The van der Waals surface area contributed by atoms with Crippen molar-refractivity contribution >= 4 is 11.0 Å². The zero-order valence-electron chi connectivity index (χ0n) is 9.75. The number of aromatic nitrogens is 4. The molecule has 0 bridgehead atoms. The molecule has 0 fully saturated rings. The van der Waals surface area contributed by atoms with Gasteiger partial charge in [-0.1, -0.05) is 30.3 Å². The van der Waals surface area contributed by atoms with E-state index in [0.29, 0.717) is 0 Å². The molecule has 0 radical (unpaired) electrons. The predicted octanol–water partition coefficient (Wildman–Crippen LogP) is 2.34. The van der Waals surface area contributed by atoms with Crippen LogP contribution in [0.4, 0.5) is 0 Å². The van der Waals surface area contributed by atoms with Crippen LogP contribution in [-0.2, 0) is 7.05 Å². The fourth-order valence-corrected chi connectivity index (χ4v) is 1.88. The van der Waals surface area contributed by atoms with Crippen molar-refractivity contribution in [2.75, 3.05) is 0 Å². The van der Waals surface area contributed by atoms with Crippen LogP contribution in [0.1, 0.15) is 5.69 Å². The lowest BCUT2D eigenvalue weighted by Gasteiger charge is -2.03. The Morgan fingerprint density at radius 3 is 2.59 bits per heavy atom. The maximum absolute atomic E-state index is 4.56. The predicted molar refractivity (Wildman–Crippen MR) is 66.5 cm³/mol. The van der Waals surface area contributed by atoms with E-state index in [1.54, 1.807) is 10.9 Å². The monoisotopic (exact) mass is 224 g/mol. The molecule has 0 aliphatic carbocycles. The van der Waals surface area contributed by atoms with Gasteiger partial charge in [0.2, 0.25) is 0 Å². The van der Waals surface area contributed by atoms with E-state index in [1.165, 1.54) is 0 Å². The third-order valence-electron chi connectivity index (χ3n) is 2.81. The average molecular weight is 224 g/mol. The molecule has 4 nitrogen and oxygen atoms in total. The SMILES string of the molecule is Cc1nc(-c2ccccc2)nc2c1cnn2C. The van der Waals surface area contributed by atoms with E-state index in [1.807, 2.05) is 44.3 Å². The van der Waals surface area contributed by atoms with Gasteiger partial charge in [0.15, 0.2) is 11.5 Å². The van der Waals surface area contributed by atoms with Gasteiger partial charge >= 0.3 is 0 Å². The highest BCUT2D eigenvalue weighted by atomic mass is 15.3. The van der Waals surface area contributed by atoms with Crippen molar-refractivity contribution in [3.63, 3.8) is 0 Å². The Kier molecular flexibility index (Phi) is 2.14. The number of fused-ring (bicyclic) bond motifs is 1. The molecular weight excluding hydrogens is 212 g/mol. The van der Waals surface area contributed by atoms with Crippen LogP contribution in [0, 0.1) is 6.92 Å². The number of hydrogen-bond donors (Lipinski definition) is 0. The minimum atomic E-state index is 0.749. The number of rotatable bonds is 1. The van der Waals surface area contributed by atoms with Crippen LogP contribution < -0.4 is 0 Å². The third-order valence-corrected chi connectivity index (χ3v) is 2.81. The smallest absolute Gasteiger partial charge is 0.161 e. The summed E-state index contributed by atoms with van der Waals surface area (Å²) in [6.45, 7) is 1.98. The third kappa shape index (κ3) is 1.58. The lowest BCUT2D eigenvalue weighted by atomic mass is 10.2. The topological polar surface area (TPSA) is 43.6 Å². The maximum atomic E-state index is 4.56. The second-order valence-electron chi connectivity index (χ2n) is 4.00. The largest absolute Gasteiger partial charge is 0.250 e. The maximum Gasteiger partial charge on any atom is 0.161 e. The molecule has 2 heterocycles. The molecule has 3 rings (SSSR count). The second kappa shape index (κ2) is 3.66. The van der Waals surface area contributed by atoms with Gasteiger partial charge in [-0.3, -0.25) is 4.68 Å². The molecule has 3 aromatic rings. The number of hydrogen-bond acceptors (Lipinski definition) is 3. The highest BCUT2D eigenvalue weighted by molar-refractivity contribution is 5.79. The standard InChI is InChI=1S/C13H12N4/c1-9-11-8-14-17(2)13(11)16-12(15-9)10-6-4-3-5-7-10/h3-8H,1-2H3. The van der Waals surface area contributed by atoms with Gasteiger partial charge < -0.3 is 0 Å². The van der Waals surface area contributed by atoms with Gasteiger partial charge in [0.05, 0.1) is 17.3 Å². The Morgan fingerprint density at radius 1 is 1.06 bits per heavy atom. The summed E-state index contributed by atoms with van der Waals surface area (Å²) >= 11 is 0. The Labute approximate surface area is 98.9 Å². The van der Waals surface area contributed by atoms with Crippen molar-refractivity contribution in [3.05, 3.63) is 42.2 Å². The molecule has 0 aliphatic heterocycles. The van der Waals surface area contributed by atoms with Crippen LogP contribution >= 0.6 is 0 Å². The Bertz CT molecular complexity index is 670. The van der Waals surface area contributed by atoms with Gasteiger partial charge in [0, 0.05) is 12.6 Å². The Morgan fingerprint density at radius 2 is 1.82 bits per heavy atom. The first kappa shape index (κ1) is 9.96.